The minimum atomic E-state index is -1.24. The monoisotopic (exact) mass is 609 g/mol. The van der Waals surface area contributed by atoms with Crippen LogP contribution in [0.25, 0.3) is 11.1 Å². The number of carbonyl (C=O) groups excluding carboxylic acids is 3. The van der Waals surface area contributed by atoms with Crippen LogP contribution in [-0.4, -0.2) is 77.7 Å². The van der Waals surface area contributed by atoms with Crippen molar-refractivity contribution in [1.82, 2.24) is 15.5 Å². The zero-order valence-electron chi connectivity index (χ0n) is 22.7. The summed E-state index contributed by atoms with van der Waals surface area (Å²) in [4.78, 5) is 52.4. The number of carboxylic acids is 1. The van der Waals surface area contributed by atoms with Crippen LogP contribution in [0.3, 0.4) is 0 Å². The summed E-state index contributed by atoms with van der Waals surface area (Å²) in [6.45, 7) is 0.483. The number of amides is 3. The van der Waals surface area contributed by atoms with Crippen LogP contribution in [-0.2, 0) is 25.6 Å². The van der Waals surface area contributed by atoms with Gasteiger partial charge >= 0.3 is 5.97 Å². The van der Waals surface area contributed by atoms with Gasteiger partial charge in [0.2, 0.25) is 11.8 Å². The lowest BCUT2D eigenvalue weighted by molar-refractivity contribution is -0.152. The van der Waals surface area contributed by atoms with Crippen LogP contribution < -0.4 is 16.4 Å². The molecule has 0 bridgehead atoms. The first-order chi connectivity index (χ1) is 20.5. The quantitative estimate of drug-likeness (QED) is 0.180. The van der Waals surface area contributed by atoms with Crippen molar-refractivity contribution in [3.63, 3.8) is 0 Å². The van der Waals surface area contributed by atoms with Crippen LogP contribution in [0, 0.1) is 11.2 Å². The van der Waals surface area contributed by atoms with Gasteiger partial charge in [-0.25, -0.2) is 9.18 Å². The Labute approximate surface area is 249 Å². The first-order valence-corrected chi connectivity index (χ1v) is 14.1. The third kappa shape index (κ3) is 6.56. The predicted octanol–water partition coefficient (Wildman–Crippen LogP) is 1.93. The van der Waals surface area contributed by atoms with Gasteiger partial charge in [0.15, 0.2) is 5.79 Å². The molecule has 43 heavy (non-hydrogen) atoms. The molecule has 12 nitrogen and oxygen atoms in total. The fraction of sp³-hybridized carbons (Fsp3) is 0.276. The number of carboxylic acid groups (broad SMARTS) is 1. The highest BCUT2D eigenvalue weighted by atomic mass is 32.1. The molecule has 3 amide bonds. The molecule has 2 aromatic carbocycles. The number of rotatable bonds is 9. The van der Waals surface area contributed by atoms with Gasteiger partial charge in [-0.3, -0.25) is 19.8 Å². The minimum Gasteiger partial charge on any atom is -0.478 e. The Morgan fingerprint density at radius 1 is 1.05 bits per heavy atom. The standard InChI is InChI=1S/C29H28FN5O7S/c30-22-10-18(28(39)40)5-6-21(22)16-1-3-17(4-2-16)26(37)34-13-24(36)35-15-29(41-7-8-42-29)11-23(35)27(38)33-12-20-9-19(14-43-20)25(31)32/h1-6,9-10,14,23H,7-8,11-13,15H2,(H3,31,32)(H,33,38)(H,34,37)(H,39,40). The second-order valence-corrected chi connectivity index (χ2v) is 11.0. The number of ether oxygens (including phenoxy) is 2. The minimum absolute atomic E-state index is 0.0220. The zero-order valence-corrected chi connectivity index (χ0v) is 23.5. The highest BCUT2D eigenvalue weighted by Crippen LogP contribution is 2.35. The van der Waals surface area contributed by atoms with E-state index >= 15 is 0 Å². The highest BCUT2D eigenvalue weighted by Gasteiger charge is 2.52. The van der Waals surface area contributed by atoms with Crippen LogP contribution in [0.4, 0.5) is 4.39 Å². The Balaban J connectivity index is 1.21. The second-order valence-electron chi connectivity index (χ2n) is 10.0. The number of nitrogens with zero attached hydrogens (tertiary/aromatic N) is 1. The Morgan fingerprint density at radius 3 is 2.37 bits per heavy atom. The van der Waals surface area contributed by atoms with E-state index in [0.717, 1.165) is 10.9 Å². The number of hydrogen-bond acceptors (Lipinski definition) is 8. The van der Waals surface area contributed by atoms with E-state index in [9.17, 15) is 23.6 Å². The Kier molecular flexibility index (Phi) is 8.52. The van der Waals surface area contributed by atoms with Crippen molar-refractivity contribution in [1.29, 1.82) is 5.41 Å². The fourth-order valence-corrected chi connectivity index (χ4v) is 5.81. The van der Waals surface area contributed by atoms with Crippen molar-refractivity contribution in [3.8, 4) is 11.1 Å². The maximum absolute atomic E-state index is 14.4. The third-order valence-corrected chi connectivity index (χ3v) is 8.14. The number of carbonyl (C=O) groups is 4. The van der Waals surface area contributed by atoms with E-state index in [4.69, 9.17) is 25.7 Å². The second kappa shape index (κ2) is 12.3. The molecule has 2 aliphatic heterocycles. The number of nitrogens with two attached hydrogens (primary N) is 1. The molecular weight excluding hydrogens is 581 g/mol. The normalized spacial score (nSPS) is 17.1. The van der Waals surface area contributed by atoms with Gasteiger partial charge < -0.3 is 35.8 Å². The molecule has 0 radical (unpaired) electrons. The largest absolute Gasteiger partial charge is 0.478 e. The molecule has 1 atom stereocenters. The SMILES string of the molecule is N=C(N)c1csc(CNC(=O)C2CC3(CN2C(=O)CNC(=O)c2ccc(-c4ccc(C(=O)O)cc4F)cc2)OCCO3)c1. The van der Waals surface area contributed by atoms with E-state index < -0.39 is 47.9 Å². The predicted molar refractivity (Wildman–Crippen MR) is 153 cm³/mol. The molecule has 5 rings (SSSR count). The molecular formula is C29H28FN5O7S. The van der Waals surface area contributed by atoms with Crippen molar-refractivity contribution < 1.29 is 38.1 Å². The topological polar surface area (TPSA) is 184 Å². The van der Waals surface area contributed by atoms with E-state index in [1.165, 1.54) is 52.6 Å². The summed E-state index contributed by atoms with van der Waals surface area (Å²) in [6, 6.07) is 10.3. The number of nitrogen functional groups attached to an aromatic ring is 1. The molecule has 6 N–H and O–H groups in total. The maximum Gasteiger partial charge on any atom is 0.335 e. The third-order valence-electron chi connectivity index (χ3n) is 7.20. The summed E-state index contributed by atoms with van der Waals surface area (Å²) in [7, 11) is 0. The van der Waals surface area contributed by atoms with Crippen molar-refractivity contribution in [2.24, 2.45) is 5.73 Å². The van der Waals surface area contributed by atoms with Crippen molar-refractivity contribution in [2.75, 3.05) is 26.3 Å². The molecule has 1 spiro atoms. The molecule has 224 valence electrons. The van der Waals surface area contributed by atoms with Crippen LogP contribution in [0.15, 0.2) is 53.9 Å². The molecule has 2 fully saturated rings. The first kappa shape index (κ1) is 29.8. The number of nitrogens with one attached hydrogen (secondary N) is 3. The van der Waals surface area contributed by atoms with E-state index in [1.807, 2.05) is 0 Å². The molecule has 0 saturated carbocycles. The number of hydrogen-bond donors (Lipinski definition) is 5. The van der Waals surface area contributed by atoms with Crippen molar-refractivity contribution in [3.05, 3.63) is 81.3 Å². The van der Waals surface area contributed by atoms with Crippen LogP contribution in [0.5, 0.6) is 0 Å². The van der Waals surface area contributed by atoms with Crippen LogP contribution in [0.1, 0.15) is 37.6 Å². The van der Waals surface area contributed by atoms with Crippen molar-refractivity contribution in [2.45, 2.75) is 24.8 Å². The summed E-state index contributed by atoms with van der Waals surface area (Å²) in [6.07, 6.45) is 0.132. The number of halogens is 1. The molecule has 2 aliphatic rings. The van der Waals surface area contributed by atoms with Crippen molar-refractivity contribution >= 4 is 40.9 Å². The van der Waals surface area contributed by atoms with Gasteiger partial charge in [0.05, 0.1) is 38.4 Å². The van der Waals surface area contributed by atoms with E-state index in [1.54, 1.807) is 11.4 Å². The van der Waals surface area contributed by atoms with Gasteiger partial charge in [0.25, 0.3) is 5.91 Å². The number of amidine groups is 1. The van der Waals surface area contributed by atoms with E-state index in [-0.39, 0.29) is 42.0 Å². The number of likely N-dealkylation sites (tertiary alicyclic amines) is 1. The maximum atomic E-state index is 14.4. The molecule has 14 heteroatoms. The molecule has 2 saturated heterocycles. The molecule has 3 aromatic rings. The molecule has 1 aromatic heterocycles. The van der Waals surface area contributed by atoms with E-state index in [2.05, 4.69) is 10.6 Å². The summed E-state index contributed by atoms with van der Waals surface area (Å²) < 4.78 is 25.9. The molecule has 0 aliphatic carbocycles. The van der Waals surface area contributed by atoms with Gasteiger partial charge in [-0.15, -0.1) is 11.3 Å². The number of benzene rings is 2. The number of thiophene rings is 1. The van der Waals surface area contributed by atoms with Gasteiger partial charge in [0, 0.05) is 33.4 Å². The highest BCUT2D eigenvalue weighted by molar-refractivity contribution is 7.10. The molecule has 1 unspecified atom stereocenters. The Hall–Kier alpha value is -4.66. The smallest absolute Gasteiger partial charge is 0.335 e. The zero-order chi connectivity index (χ0) is 30.7. The van der Waals surface area contributed by atoms with Gasteiger partial charge in [-0.2, -0.15) is 0 Å². The lowest BCUT2D eigenvalue weighted by Crippen LogP contribution is -2.49. The summed E-state index contributed by atoms with van der Waals surface area (Å²) in [5, 5.41) is 23.7. The lowest BCUT2D eigenvalue weighted by atomic mass is 10.0. The first-order valence-electron chi connectivity index (χ1n) is 13.2. The average Bonchev–Trinajstić information content (AvgIpc) is 3.75. The van der Waals surface area contributed by atoms with Crippen LogP contribution >= 0.6 is 11.3 Å². The lowest BCUT2D eigenvalue weighted by Gasteiger charge is -2.24. The Morgan fingerprint density at radius 2 is 1.74 bits per heavy atom. The van der Waals surface area contributed by atoms with Gasteiger partial charge in [-0.1, -0.05) is 18.2 Å². The Bertz CT molecular complexity index is 1590. The summed E-state index contributed by atoms with van der Waals surface area (Å²) in [5.41, 5.74) is 6.72. The van der Waals surface area contributed by atoms with Crippen LogP contribution in [0.2, 0.25) is 0 Å². The molecule has 3 heterocycles. The number of aromatic carboxylic acids is 1. The van der Waals surface area contributed by atoms with Gasteiger partial charge in [0.1, 0.15) is 17.7 Å². The van der Waals surface area contributed by atoms with Gasteiger partial charge in [-0.05, 0) is 35.9 Å². The summed E-state index contributed by atoms with van der Waals surface area (Å²) >= 11 is 1.35. The van der Waals surface area contributed by atoms with E-state index in [0.29, 0.717) is 24.3 Å². The fourth-order valence-electron chi connectivity index (χ4n) is 4.99. The summed E-state index contributed by atoms with van der Waals surface area (Å²) in [5.74, 6) is -4.59. The average molecular weight is 610 g/mol.